The SMILES string of the molecule is CC(C)(C)c1ccc2c(c1)[nH]c1c2ccc2c3ccccc3sc21. The lowest BCUT2D eigenvalue weighted by molar-refractivity contribution is 0.591. The number of hydrogen-bond acceptors (Lipinski definition) is 1. The predicted molar refractivity (Wildman–Crippen MR) is 107 cm³/mol. The molecule has 0 atom stereocenters. The van der Waals surface area contributed by atoms with E-state index in [1.165, 1.54) is 47.5 Å². The summed E-state index contributed by atoms with van der Waals surface area (Å²) in [6.45, 7) is 6.79. The highest BCUT2D eigenvalue weighted by Crippen LogP contribution is 2.40. The van der Waals surface area contributed by atoms with E-state index >= 15 is 0 Å². The molecule has 24 heavy (non-hydrogen) atoms. The van der Waals surface area contributed by atoms with Gasteiger partial charge in [0.2, 0.25) is 0 Å². The fourth-order valence-electron chi connectivity index (χ4n) is 3.62. The summed E-state index contributed by atoms with van der Waals surface area (Å²) in [5, 5.41) is 5.35. The number of aromatic amines is 1. The summed E-state index contributed by atoms with van der Waals surface area (Å²) < 4.78 is 2.72. The Kier molecular flexibility index (Phi) is 2.70. The van der Waals surface area contributed by atoms with Crippen LogP contribution >= 0.6 is 11.3 Å². The van der Waals surface area contributed by atoms with Gasteiger partial charge >= 0.3 is 0 Å². The van der Waals surface area contributed by atoms with Gasteiger partial charge in [-0.3, -0.25) is 0 Å². The number of benzene rings is 3. The van der Waals surface area contributed by atoms with Gasteiger partial charge in [0, 0.05) is 31.8 Å². The Hall–Kier alpha value is -2.32. The molecule has 0 aliphatic rings. The first-order chi connectivity index (χ1) is 11.5. The van der Waals surface area contributed by atoms with Gasteiger partial charge in [-0.15, -0.1) is 11.3 Å². The average molecular weight is 329 g/mol. The molecule has 2 heterocycles. The van der Waals surface area contributed by atoms with Gasteiger partial charge in [0.25, 0.3) is 0 Å². The molecule has 5 aromatic rings. The van der Waals surface area contributed by atoms with E-state index in [4.69, 9.17) is 0 Å². The Morgan fingerprint density at radius 2 is 1.54 bits per heavy atom. The molecule has 2 heteroatoms. The highest BCUT2D eigenvalue weighted by atomic mass is 32.1. The van der Waals surface area contributed by atoms with Crippen LogP contribution in [0, 0.1) is 0 Å². The lowest BCUT2D eigenvalue weighted by atomic mass is 9.86. The molecule has 0 unspecified atom stereocenters. The van der Waals surface area contributed by atoms with Gasteiger partial charge in [0.15, 0.2) is 0 Å². The van der Waals surface area contributed by atoms with E-state index in [1.54, 1.807) is 0 Å². The Labute approximate surface area is 144 Å². The molecule has 0 saturated heterocycles. The van der Waals surface area contributed by atoms with Crippen LogP contribution in [-0.2, 0) is 5.41 Å². The fourth-order valence-corrected chi connectivity index (χ4v) is 4.83. The van der Waals surface area contributed by atoms with Crippen LogP contribution in [-0.4, -0.2) is 4.98 Å². The zero-order chi connectivity index (χ0) is 16.5. The molecule has 0 aliphatic carbocycles. The Morgan fingerprint density at radius 3 is 2.38 bits per heavy atom. The summed E-state index contributed by atoms with van der Waals surface area (Å²) in [7, 11) is 0. The Morgan fingerprint density at radius 1 is 0.792 bits per heavy atom. The van der Waals surface area contributed by atoms with E-state index < -0.39 is 0 Å². The Balaban J connectivity index is 1.92. The number of aromatic nitrogens is 1. The van der Waals surface area contributed by atoms with Crippen LogP contribution in [0.1, 0.15) is 26.3 Å². The quantitative estimate of drug-likeness (QED) is 0.315. The average Bonchev–Trinajstić information content (AvgIpc) is 3.11. The smallest absolute Gasteiger partial charge is 0.0646 e. The first kappa shape index (κ1) is 14.1. The molecule has 1 nitrogen and oxygen atoms in total. The molecule has 1 N–H and O–H groups in total. The largest absolute Gasteiger partial charge is 0.353 e. The Bertz CT molecular complexity index is 1230. The maximum Gasteiger partial charge on any atom is 0.0646 e. The second-order valence-electron chi connectivity index (χ2n) is 7.60. The number of rotatable bonds is 0. The molecule has 0 aliphatic heterocycles. The van der Waals surface area contributed by atoms with Gasteiger partial charge in [-0.25, -0.2) is 0 Å². The van der Waals surface area contributed by atoms with E-state index in [0.717, 1.165) is 0 Å². The van der Waals surface area contributed by atoms with Crippen LogP contribution in [0.25, 0.3) is 42.0 Å². The zero-order valence-corrected chi connectivity index (χ0v) is 14.9. The number of nitrogens with one attached hydrogen (secondary N) is 1. The second-order valence-corrected chi connectivity index (χ2v) is 8.65. The van der Waals surface area contributed by atoms with Crippen molar-refractivity contribution in [1.82, 2.24) is 4.98 Å². The summed E-state index contributed by atoms with van der Waals surface area (Å²) in [6, 6.07) is 20.1. The number of hydrogen-bond donors (Lipinski definition) is 1. The molecule has 5 rings (SSSR count). The first-order valence-corrected chi connectivity index (χ1v) is 9.20. The third kappa shape index (κ3) is 1.87. The molecule has 0 bridgehead atoms. The van der Waals surface area contributed by atoms with Crippen LogP contribution < -0.4 is 0 Å². The standard InChI is InChI=1S/C22H19NS/c1-22(2,3)13-8-9-14-16-10-11-17-15-6-4-5-7-19(15)24-21(17)20(16)23-18(14)12-13/h4-12,23H,1-3H3. The minimum absolute atomic E-state index is 0.165. The summed E-state index contributed by atoms with van der Waals surface area (Å²) in [5.41, 5.74) is 4.05. The maximum absolute atomic E-state index is 3.70. The molecule has 3 aromatic carbocycles. The van der Waals surface area contributed by atoms with Gasteiger partial charge in [0.1, 0.15) is 0 Å². The highest BCUT2D eigenvalue weighted by molar-refractivity contribution is 7.26. The summed E-state index contributed by atoms with van der Waals surface area (Å²) in [6.07, 6.45) is 0. The third-order valence-corrected chi connectivity index (χ3v) is 6.19. The molecule has 0 spiro atoms. The van der Waals surface area contributed by atoms with Crippen molar-refractivity contribution in [1.29, 1.82) is 0 Å². The zero-order valence-electron chi connectivity index (χ0n) is 14.1. The summed E-state index contributed by atoms with van der Waals surface area (Å²) in [4.78, 5) is 3.70. The maximum atomic E-state index is 3.70. The number of thiophene rings is 1. The molecule has 0 radical (unpaired) electrons. The molecule has 118 valence electrons. The summed E-state index contributed by atoms with van der Waals surface area (Å²) >= 11 is 1.88. The van der Waals surface area contributed by atoms with E-state index in [1.807, 2.05) is 11.3 Å². The predicted octanol–water partition coefficient (Wildman–Crippen LogP) is 6.99. The molecular weight excluding hydrogens is 310 g/mol. The van der Waals surface area contributed by atoms with Gasteiger partial charge in [-0.05, 0) is 23.1 Å². The topological polar surface area (TPSA) is 15.8 Å². The van der Waals surface area contributed by atoms with Crippen LogP contribution in [0.15, 0.2) is 54.6 Å². The molecule has 0 amide bonds. The van der Waals surface area contributed by atoms with Gasteiger partial charge in [0.05, 0.1) is 10.2 Å². The third-order valence-electron chi connectivity index (χ3n) is 4.98. The van der Waals surface area contributed by atoms with Crippen molar-refractivity contribution in [2.75, 3.05) is 0 Å². The molecule has 0 fully saturated rings. The minimum Gasteiger partial charge on any atom is -0.353 e. The minimum atomic E-state index is 0.165. The van der Waals surface area contributed by atoms with Crippen molar-refractivity contribution in [3.8, 4) is 0 Å². The van der Waals surface area contributed by atoms with Gasteiger partial charge < -0.3 is 4.98 Å². The van der Waals surface area contributed by atoms with Gasteiger partial charge in [-0.2, -0.15) is 0 Å². The van der Waals surface area contributed by atoms with Crippen molar-refractivity contribution in [3.63, 3.8) is 0 Å². The molecule has 0 saturated carbocycles. The number of H-pyrrole nitrogens is 1. The number of fused-ring (bicyclic) bond motifs is 7. The van der Waals surface area contributed by atoms with Crippen molar-refractivity contribution >= 4 is 53.3 Å². The fraction of sp³-hybridized carbons (Fsp3) is 0.182. The van der Waals surface area contributed by atoms with Crippen molar-refractivity contribution < 1.29 is 0 Å². The highest BCUT2D eigenvalue weighted by Gasteiger charge is 2.16. The normalized spacial score (nSPS) is 12.8. The molecule has 2 aromatic heterocycles. The van der Waals surface area contributed by atoms with Crippen LogP contribution in [0.3, 0.4) is 0 Å². The van der Waals surface area contributed by atoms with E-state index in [0.29, 0.717) is 0 Å². The first-order valence-electron chi connectivity index (χ1n) is 8.38. The van der Waals surface area contributed by atoms with Crippen molar-refractivity contribution in [2.45, 2.75) is 26.2 Å². The lowest BCUT2D eigenvalue weighted by Gasteiger charge is -2.18. The van der Waals surface area contributed by atoms with Crippen LogP contribution in [0.5, 0.6) is 0 Å². The van der Waals surface area contributed by atoms with E-state index in [2.05, 4.69) is 80.4 Å². The van der Waals surface area contributed by atoms with Crippen LogP contribution in [0.2, 0.25) is 0 Å². The lowest BCUT2D eigenvalue weighted by Crippen LogP contribution is -2.10. The van der Waals surface area contributed by atoms with E-state index in [-0.39, 0.29) is 5.41 Å². The second kappa shape index (κ2) is 4.61. The monoisotopic (exact) mass is 329 g/mol. The molecular formula is C22H19NS. The van der Waals surface area contributed by atoms with Gasteiger partial charge in [-0.1, -0.05) is 63.2 Å². The van der Waals surface area contributed by atoms with Crippen LogP contribution in [0.4, 0.5) is 0 Å². The van der Waals surface area contributed by atoms with Crippen molar-refractivity contribution in [2.24, 2.45) is 0 Å². The van der Waals surface area contributed by atoms with E-state index in [9.17, 15) is 0 Å². The summed E-state index contributed by atoms with van der Waals surface area (Å²) in [5.74, 6) is 0. The van der Waals surface area contributed by atoms with Crippen molar-refractivity contribution in [3.05, 3.63) is 60.2 Å².